The van der Waals surface area contributed by atoms with Gasteiger partial charge in [-0.1, -0.05) is 19.8 Å². The van der Waals surface area contributed by atoms with E-state index in [1.807, 2.05) is 6.92 Å². The van der Waals surface area contributed by atoms with E-state index in [9.17, 15) is 18.3 Å². The van der Waals surface area contributed by atoms with Crippen molar-refractivity contribution in [1.29, 1.82) is 0 Å². The summed E-state index contributed by atoms with van der Waals surface area (Å²) in [7, 11) is -3.31. The van der Waals surface area contributed by atoms with Crippen molar-refractivity contribution >= 4 is 16.0 Å². The summed E-state index contributed by atoms with van der Waals surface area (Å²) >= 11 is 0. The minimum Gasteiger partial charge on any atom is -0.481 e. The number of hydrogen-bond donors (Lipinski definition) is 1. The zero-order chi connectivity index (χ0) is 14.1. The smallest absolute Gasteiger partial charge is 0.310 e. The average Bonchev–Trinajstić information content (AvgIpc) is 2.93. The van der Waals surface area contributed by atoms with Crippen molar-refractivity contribution in [2.24, 2.45) is 5.41 Å². The molecule has 5 nitrogen and oxygen atoms in total. The highest BCUT2D eigenvalue weighted by atomic mass is 32.2. The molecule has 19 heavy (non-hydrogen) atoms. The van der Waals surface area contributed by atoms with Crippen LogP contribution < -0.4 is 0 Å². The van der Waals surface area contributed by atoms with Crippen molar-refractivity contribution in [1.82, 2.24) is 4.31 Å². The fourth-order valence-electron chi connectivity index (χ4n) is 3.32. The summed E-state index contributed by atoms with van der Waals surface area (Å²) in [6, 6.07) is 0. The van der Waals surface area contributed by atoms with Crippen LogP contribution in [0, 0.1) is 5.41 Å². The van der Waals surface area contributed by atoms with E-state index in [-0.39, 0.29) is 11.8 Å². The summed E-state index contributed by atoms with van der Waals surface area (Å²) in [5.41, 5.74) is -0.885. The lowest BCUT2D eigenvalue weighted by molar-refractivity contribution is -0.151. The first-order valence-corrected chi connectivity index (χ1v) is 8.65. The third-order valence-corrected chi connectivity index (χ3v) is 7.10. The number of carboxylic acids is 1. The highest BCUT2D eigenvalue weighted by molar-refractivity contribution is 7.89. The zero-order valence-corrected chi connectivity index (χ0v) is 12.3. The molecule has 0 bridgehead atoms. The lowest BCUT2D eigenvalue weighted by atomic mass is 9.78. The topological polar surface area (TPSA) is 74.7 Å². The summed E-state index contributed by atoms with van der Waals surface area (Å²) < 4.78 is 26.5. The SMILES string of the molecule is CCC1(C(=O)O)CCCN(S(=O)(=O)C2CCCC2)C1. The van der Waals surface area contributed by atoms with Crippen LogP contribution in [-0.4, -0.2) is 42.1 Å². The van der Waals surface area contributed by atoms with Gasteiger partial charge in [0.2, 0.25) is 10.0 Å². The van der Waals surface area contributed by atoms with E-state index in [4.69, 9.17) is 0 Å². The monoisotopic (exact) mass is 289 g/mol. The van der Waals surface area contributed by atoms with Gasteiger partial charge < -0.3 is 5.11 Å². The van der Waals surface area contributed by atoms with E-state index in [1.54, 1.807) is 0 Å². The Hall–Kier alpha value is -0.620. The van der Waals surface area contributed by atoms with Crippen LogP contribution in [0.1, 0.15) is 51.9 Å². The Labute approximate surface area is 115 Å². The van der Waals surface area contributed by atoms with Gasteiger partial charge >= 0.3 is 5.97 Å². The molecule has 1 N–H and O–H groups in total. The molecule has 1 aliphatic carbocycles. The van der Waals surface area contributed by atoms with Gasteiger partial charge in [-0.15, -0.1) is 0 Å². The molecule has 1 saturated heterocycles. The fraction of sp³-hybridized carbons (Fsp3) is 0.923. The molecule has 1 saturated carbocycles. The second-order valence-corrected chi connectivity index (χ2v) is 8.04. The zero-order valence-electron chi connectivity index (χ0n) is 11.5. The third kappa shape index (κ3) is 2.65. The number of piperidine rings is 1. The molecule has 1 atom stereocenters. The van der Waals surface area contributed by atoms with Crippen molar-refractivity contribution in [2.45, 2.75) is 57.1 Å². The van der Waals surface area contributed by atoms with Crippen LogP contribution in [0.4, 0.5) is 0 Å². The third-order valence-electron chi connectivity index (χ3n) is 4.76. The molecule has 2 fully saturated rings. The van der Waals surface area contributed by atoms with Gasteiger partial charge in [0.25, 0.3) is 0 Å². The number of sulfonamides is 1. The molecule has 0 aromatic rings. The highest BCUT2D eigenvalue weighted by Gasteiger charge is 2.45. The molecule has 1 heterocycles. The van der Waals surface area contributed by atoms with E-state index in [0.717, 1.165) is 25.7 Å². The van der Waals surface area contributed by atoms with E-state index >= 15 is 0 Å². The number of rotatable bonds is 4. The van der Waals surface area contributed by atoms with E-state index in [0.29, 0.717) is 25.8 Å². The van der Waals surface area contributed by atoms with Crippen LogP contribution >= 0.6 is 0 Å². The Morgan fingerprint density at radius 3 is 2.47 bits per heavy atom. The molecule has 0 radical (unpaired) electrons. The maximum Gasteiger partial charge on any atom is 0.310 e. The van der Waals surface area contributed by atoms with Crippen LogP contribution in [0.15, 0.2) is 0 Å². The largest absolute Gasteiger partial charge is 0.481 e. The van der Waals surface area contributed by atoms with Crippen LogP contribution in [0.3, 0.4) is 0 Å². The first kappa shape index (κ1) is 14.8. The second kappa shape index (κ2) is 5.40. The molecule has 0 aromatic heterocycles. The summed E-state index contributed by atoms with van der Waals surface area (Å²) in [5, 5.41) is 9.13. The Morgan fingerprint density at radius 1 is 1.32 bits per heavy atom. The standard InChI is InChI=1S/C13H23NO4S/c1-2-13(12(15)16)8-5-9-14(10-13)19(17,18)11-6-3-4-7-11/h11H,2-10H2,1H3,(H,15,16). The Balaban J connectivity index is 2.19. The Bertz CT molecular complexity index is 442. The number of carbonyl (C=O) groups is 1. The molecular formula is C13H23NO4S. The predicted molar refractivity (Wildman–Crippen MR) is 72.3 cm³/mol. The van der Waals surface area contributed by atoms with E-state index < -0.39 is 21.4 Å². The van der Waals surface area contributed by atoms with Gasteiger partial charge in [-0.2, -0.15) is 0 Å². The van der Waals surface area contributed by atoms with Gasteiger partial charge in [-0.25, -0.2) is 12.7 Å². The molecule has 0 spiro atoms. The van der Waals surface area contributed by atoms with Gasteiger partial charge in [0, 0.05) is 13.1 Å². The minimum atomic E-state index is -3.31. The number of hydrogen-bond acceptors (Lipinski definition) is 3. The Morgan fingerprint density at radius 2 is 1.95 bits per heavy atom. The summed E-state index contributed by atoms with van der Waals surface area (Å²) in [6.45, 7) is 2.46. The maximum absolute atomic E-state index is 12.5. The number of nitrogens with zero attached hydrogens (tertiary/aromatic N) is 1. The summed E-state index contributed by atoms with van der Waals surface area (Å²) in [6.07, 6.45) is 5.10. The van der Waals surface area contributed by atoms with Gasteiger partial charge in [0.15, 0.2) is 0 Å². The van der Waals surface area contributed by atoms with Crippen LogP contribution in [-0.2, 0) is 14.8 Å². The normalized spacial score (nSPS) is 30.6. The average molecular weight is 289 g/mol. The summed E-state index contributed by atoms with van der Waals surface area (Å²) in [4.78, 5) is 11.5. The molecule has 110 valence electrons. The van der Waals surface area contributed by atoms with Gasteiger partial charge in [-0.05, 0) is 32.1 Å². The van der Waals surface area contributed by atoms with Gasteiger partial charge in [0.1, 0.15) is 0 Å². The van der Waals surface area contributed by atoms with Crippen molar-refractivity contribution < 1.29 is 18.3 Å². The molecule has 1 unspecified atom stereocenters. The van der Waals surface area contributed by atoms with E-state index in [1.165, 1.54) is 4.31 Å². The number of aliphatic carboxylic acids is 1. The number of carboxylic acid groups (broad SMARTS) is 1. The lowest BCUT2D eigenvalue weighted by Gasteiger charge is -2.39. The molecule has 2 rings (SSSR count). The fourth-order valence-corrected chi connectivity index (χ4v) is 5.48. The van der Waals surface area contributed by atoms with Crippen molar-refractivity contribution in [3.63, 3.8) is 0 Å². The molecule has 1 aliphatic heterocycles. The first-order chi connectivity index (χ1) is 8.92. The molecular weight excluding hydrogens is 266 g/mol. The molecule has 0 amide bonds. The molecule has 0 aromatic carbocycles. The van der Waals surface area contributed by atoms with Crippen molar-refractivity contribution in [3.8, 4) is 0 Å². The van der Waals surface area contributed by atoms with Gasteiger partial charge in [-0.3, -0.25) is 4.79 Å². The predicted octanol–water partition coefficient (Wildman–Crippen LogP) is 1.84. The quantitative estimate of drug-likeness (QED) is 0.857. The minimum absolute atomic E-state index is 0.150. The van der Waals surface area contributed by atoms with Crippen LogP contribution in [0.25, 0.3) is 0 Å². The van der Waals surface area contributed by atoms with Crippen molar-refractivity contribution in [3.05, 3.63) is 0 Å². The molecule has 2 aliphatic rings. The molecule has 6 heteroatoms. The Kier molecular flexibility index (Phi) is 4.20. The summed E-state index contributed by atoms with van der Waals surface area (Å²) in [5.74, 6) is -0.860. The van der Waals surface area contributed by atoms with Crippen LogP contribution in [0.2, 0.25) is 0 Å². The van der Waals surface area contributed by atoms with Crippen LogP contribution in [0.5, 0.6) is 0 Å². The first-order valence-electron chi connectivity index (χ1n) is 7.15. The second-order valence-electron chi connectivity index (χ2n) is 5.83. The van der Waals surface area contributed by atoms with Crippen molar-refractivity contribution in [2.75, 3.05) is 13.1 Å². The lowest BCUT2D eigenvalue weighted by Crippen LogP contribution is -2.51. The maximum atomic E-state index is 12.5. The van der Waals surface area contributed by atoms with E-state index in [2.05, 4.69) is 0 Å². The highest BCUT2D eigenvalue weighted by Crippen LogP contribution is 2.37. The van der Waals surface area contributed by atoms with Gasteiger partial charge in [0.05, 0.1) is 10.7 Å².